The molecule has 22 heteroatoms. The molecule has 2 aliphatic rings. The molecular weight excluding hydrogens is 869 g/mol. The average molecular weight is 883 g/mol. The van der Waals surface area contributed by atoms with Crippen LogP contribution in [0.1, 0.15) is 53.8 Å². The van der Waals surface area contributed by atoms with Gasteiger partial charge < -0.3 is 15.0 Å². The van der Waals surface area contributed by atoms with E-state index in [0.29, 0.717) is 12.2 Å². The van der Waals surface area contributed by atoms with Gasteiger partial charge in [0, 0.05) is 33.6 Å². The zero-order chi connectivity index (χ0) is 45.0. The molecule has 0 aliphatic carbocycles. The number of hydrogen-bond donors (Lipinski definition) is 3. The summed E-state index contributed by atoms with van der Waals surface area (Å²) in [6.45, 7) is 0. The highest BCUT2D eigenvalue weighted by atomic mass is 19.2. The molecule has 0 amide bonds. The minimum absolute atomic E-state index is 0.0754. The molecule has 0 saturated carbocycles. The number of carbonyl (C=O) groups is 3. The van der Waals surface area contributed by atoms with E-state index in [9.17, 15) is 53.9 Å². The van der Waals surface area contributed by atoms with Gasteiger partial charge in [-0.05, 0) is 31.1 Å². The predicted octanol–water partition coefficient (Wildman–Crippen LogP) is 10.7. The van der Waals surface area contributed by atoms with Crippen molar-refractivity contribution in [2.45, 2.75) is 12.8 Å². The van der Waals surface area contributed by atoms with Gasteiger partial charge in [0.15, 0.2) is 88.7 Å². The minimum Gasteiger partial charge on any atom is -0.361 e. The largest absolute Gasteiger partial charge is 0.361 e. The number of halogens is 15. The van der Waals surface area contributed by atoms with Crippen molar-refractivity contribution < 1.29 is 80.2 Å². The first-order valence-corrected chi connectivity index (χ1v) is 17.1. The topological polar surface area (TPSA) is 111 Å². The first-order valence-electron chi connectivity index (χ1n) is 17.1. The van der Waals surface area contributed by atoms with Crippen molar-refractivity contribution in [2.24, 2.45) is 0 Å². The lowest BCUT2D eigenvalue weighted by atomic mass is 9.97. The Morgan fingerprint density at radius 1 is 0.387 bits per heavy atom. The van der Waals surface area contributed by atoms with Crippen molar-refractivity contribution in [3.8, 4) is 33.4 Å². The van der Waals surface area contributed by atoms with Crippen LogP contribution in [-0.2, 0) is 12.8 Å². The molecule has 0 spiro atoms. The van der Waals surface area contributed by atoms with E-state index in [2.05, 4.69) is 19.9 Å². The third-order valence-corrected chi connectivity index (χ3v) is 10.1. The summed E-state index contributed by atoms with van der Waals surface area (Å²) in [6.07, 6.45) is -0.395. The highest BCUT2D eigenvalue weighted by molar-refractivity contribution is 6.12. The minimum atomic E-state index is -2.67. The van der Waals surface area contributed by atoms with Gasteiger partial charge in [-0.15, -0.1) is 0 Å². The highest BCUT2D eigenvalue weighted by Gasteiger charge is 2.35. The first-order chi connectivity index (χ1) is 29.4. The van der Waals surface area contributed by atoms with Crippen LogP contribution in [0.5, 0.6) is 0 Å². The SMILES string of the molecule is O=Cc1cc2[nH]c1c(-c1c(F)c(F)c(F)c(F)c1F)c1nc(c(-c3c(F)c(F)c(F)c(F)c3F)c3[nH]c(c(-c4c(F)c(F)c(F)c(F)c4F)c4[nH]c2c(C=O)c4C=O)CC3)C=C1. The van der Waals surface area contributed by atoms with E-state index in [4.69, 9.17) is 0 Å². The van der Waals surface area contributed by atoms with Crippen LogP contribution in [0.4, 0.5) is 65.9 Å². The molecule has 8 bridgehead atoms. The number of aryl methyl sites for hydroxylation is 2. The smallest absolute Gasteiger partial charge is 0.200 e. The summed E-state index contributed by atoms with van der Waals surface area (Å²) < 4.78 is 227. The molecule has 0 radical (unpaired) electrons. The molecular formula is C40H13F15N4O3. The quantitative estimate of drug-likeness (QED) is 0.0668. The van der Waals surface area contributed by atoms with E-state index in [1.807, 2.05) is 0 Å². The maximum Gasteiger partial charge on any atom is 0.200 e. The molecule has 8 rings (SSSR count). The number of hydrogen-bond acceptors (Lipinski definition) is 4. The van der Waals surface area contributed by atoms with E-state index in [0.717, 1.165) is 6.07 Å². The maximum absolute atomic E-state index is 15.8. The molecule has 6 aromatic rings. The number of nitrogens with zero attached hydrogens (tertiary/aromatic N) is 1. The number of rotatable bonds is 6. The summed E-state index contributed by atoms with van der Waals surface area (Å²) in [7, 11) is 0. The zero-order valence-corrected chi connectivity index (χ0v) is 29.7. The number of aromatic amines is 3. The molecule has 0 unspecified atom stereocenters. The monoisotopic (exact) mass is 882 g/mol. The van der Waals surface area contributed by atoms with Crippen LogP contribution in [-0.4, -0.2) is 38.8 Å². The molecule has 0 fully saturated rings. The number of carbonyl (C=O) groups excluding carboxylic acids is 3. The van der Waals surface area contributed by atoms with Gasteiger partial charge >= 0.3 is 0 Å². The lowest BCUT2D eigenvalue weighted by Crippen LogP contribution is -2.06. The lowest BCUT2D eigenvalue weighted by molar-refractivity contribution is 0.109. The van der Waals surface area contributed by atoms with Crippen molar-refractivity contribution in [3.05, 3.63) is 133 Å². The number of fused-ring (bicyclic) bond motifs is 9. The molecule has 2 aliphatic heterocycles. The Balaban J connectivity index is 1.74. The van der Waals surface area contributed by atoms with Crippen molar-refractivity contribution in [1.82, 2.24) is 19.9 Å². The second kappa shape index (κ2) is 14.7. The van der Waals surface area contributed by atoms with E-state index in [1.165, 1.54) is 0 Å². The van der Waals surface area contributed by atoms with Gasteiger partial charge in [0.05, 0.1) is 61.3 Å². The van der Waals surface area contributed by atoms with Crippen LogP contribution >= 0.6 is 0 Å². The fourth-order valence-electron chi connectivity index (χ4n) is 7.38. The van der Waals surface area contributed by atoms with Gasteiger partial charge in [-0.1, -0.05) is 0 Å². The first kappa shape index (κ1) is 41.3. The van der Waals surface area contributed by atoms with Gasteiger partial charge in [-0.3, -0.25) is 14.4 Å². The standard InChI is InChI=1S/C40H13F15N4O3/c41-23-20(24(42)30(48)35(53)29(23)47)17-12-1-3-14(56-12)18(21-25(43)31(49)36(54)32(50)26(21)44)38-9(6-60)5-16(58-38)39-10(7-61)11(8-62)40(59-39)19(15-4-2-13(17)57-15)22-27(45)33(51)37(55)34(52)28(22)46/h1,3,5-8,57-59H,2,4H2. The van der Waals surface area contributed by atoms with Crippen molar-refractivity contribution in [1.29, 1.82) is 0 Å². The molecule has 3 aromatic carbocycles. The van der Waals surface area contributed by atoms with Crippen LogP contribution in [0, 0.1) is 87.3 Å². The van der Waals surface area contributed by atoms with Gasteiger partial charge in [0.1, 0.15) is 0 Å². The second-order valence-corrected chi connectivity index (χ2v) is 13.3. The van der Waals surface area contributed by atoms with Gasteiger partial charge in [-0.25, -0.2) is 70.8 Å². The number of aromatic nitrogens is 4. The fraction of sp³-hybridized carbons (Fsp3) is 0.0500. The molecule has 316 valence electrons. The predicted molar refractivity (Wildman–Crippen MR) is 186 cm³/mol. The van der Waals surface area contributed by atoms with Crippen LogP contribution in [0.25, 0.3) is 67.6 Å². The van der Waals surface area contributed by atoms with Gasteiger partial charge in [0.25, 0.3) is 0 Å². The zero-order valence-electron chi connectivity index (χ0n) is 29.7. The van der Waals surface area contributed by atoms with Crippen molar-refractivity contribution >= 4 is 53.1 Å². The molecule has 3 aromatic heterocycles. The van der Waals surface area contributed by atoms with E-state index < -0.39 is 195 Å². The van der Waals surface area contributed by atoms with Crippen LogP contribution < -0.4 is 0 Å². The summed E-state index contributed by atoms with van der Waals surface area (Å²) >= 11 is 0. The number of nitrogens with one attached hydrogen (secondary N) is 3. The summed E-state index contributed by atoms with van der Waals surface area (Å²) in [5.74, 6) is -38.6. The average Bonchev–Trinajstić information content (AvgIpc) is 4.09. The van der Waals surface area contributed by atoms with E-state index in [1.54, 1.807) is 0 Å². The van der Waals surface area contributed by atoms with Crippen molar-refractivity contribution in [3.63, 3.8) is 0 Å². The Labute approximate surface area is 332 Å². The Bertz CT molecular complexity index is 3190. The molecule has 7 nitrogen and oxygen atoms in total. The van der Waals surface area contributed by atoms with Gasteiger partial charge in [0.2, 0.25) is 17.5 Å². The molecule has 3 N–H and O–H groups in total. The summed E-state index contributed by atoms with van der Waals surface area (Å²) in [5, 5.41) is 0. The van der Waals surface area contributed by atoms with Crippen LogP contribution in [0.2, 0.25) is 0 Å². The maximum atomic E-state index is 15.8. The van der Waals surface area contributed by atoms with Crippen LogP contribution in [0.3, 0.4) is 0 Å². The fourth-order valence-corrected chi connectivity index (χ4v) is 7.38. The number of H-pyrrole nitrogens is 3. The summed E-state index contributed by atoms with van der Waals surface area (Å²) in [4.78, 5) is 49.1. The van der Waals surface area contributed by atoms with E-state index >= 15 is 26.3 Å². The second-order valence-electron chi connectivity index (χ2n) is 13.3. The van der Waals surface area contributed by atoms with Crippen LogP contribution in [0.15, 0.2) is 6.07 Å². The Hall–Kier alpha value is -7.39. The van der Waals surface area contributed by atoms with Gasteiger partial charge in [-0.2, -0.15) is 0 Å². The highest BCUT2D eigenvalue weighted by Crippen LogP contribution is 2.44. The third kappa shape index (κ3) is 5.71. The van der Waals surface area contributed by atoms with E-state index in [-0.39, 0.29) is 18.9 Å². The Morgan fingerprint density at radius 3 is 1.19 bits per heavy atom. The Morgan fingerprint density at radius 2 is 0.758 bits per heavy atom. The Kier molecular flexibility index (Phi) is 9.78. The molecule has 5 heterocycles. The summed E-state index contributed by atoms with van der Waals surface area (Å²) in [5.41, 5.74) is -17.8. The number of aldehydes is 3. The third-order valence-electron chi connectivity index (χ3n) is 10.1. The molecule has 62 heavy (non-hydrogen) atoms. The summed E-state index contributed by atoms with van der Waals surface area (Å²) in [6, 6.07) is 0.749. The van der Waals surface area contributed by atoms with Crippen molar-refractivity contribution in [2.75, 3.05) is 0 Å². The number of benzene rings is 3. The lowest BCUT2D eigenvalue weighted by Gasteiger charge is -2.12. The molecule has 0 atom stereocenters. The molecule has 0 saturated heterocycles. The normalized spacial score (nSPS) is 12.4.